The fraction of sp³-hybridized carbons (Fsp3) is 0.222. The second-order valence-corrected chi connectivity index (χ2v) is 6.81. The second-order valence-electron chi connectivity index (χ2n) is 5.94. The maximum atomic E-state index is 10.3. The van der Waals surface area contributed by atoms with Crippen LogP contribution in [-0.2, 0) is 6.42 Å². The minimum absolute atomic E-state index is 0.00185. The maximum absolute atomic E-state index is 10.3. The van der Waals surface area contributed by atoms with Crippen LogP contribution in [-0.4, -0.2) is 29.2 Å². The lowest BCUT2D eigenvalue weighted by molar-refractivity contribution is 0.343. The normalized spacial score (nSPS) is 17.1. The summed E-state index contributed by atoms with van der Waals surface area (Å²) in [5.74, 6) is -0.167. The van der Waals surface area contributed by atoms with E-state index in [1.54, 1.807) is 6.07 Å². The molecule has 2 N–H and O–H groups in total. The molecule has 0 heterocycles. The number of aromatic hydroxyl groups is 2. The van der Waals surface area contributed by atoms with Gasteiger partial charge >= 0.3 is 0 Å². The van der Waals surface area contributed by atoms with Crippen molar-refractivity contribution < 1.29 is 10.2 Å². The van der Waals surface area contributed by atoms with Crippen LogP contribution in [0.15, 0.2) is 36.4 Å². The number of phenols is 2. The summed E-state index contributed by atoms with van der Waals surface area (Å²) in [6.45, 7) is 0. The molecule has 0 saturated heterocycles. The van der Waals surface area contributed by atoms with Gasteiger partial charge in [-0.15, -0.1) is 0 Å². The van der Waals surface area contributed by atoms with Gasteiger partial charge in [0.25, 0.3) is 0 Å². The summed E-state index contributed by atoms with van der Waals surface area (Å²) in [6.07, 6.45) is 2.65. The smallest absolute Gasteiger partial charge is 0.161 e. The molecule has 3 rings (SSSR count). The number of hydrogen-bond donors (Lipinski definition) is 2. The van der Waals surface area contributed by atoms with Crippen molar-refractivity contribution in [3.63, 3.8) is 0 Å². The van der Waals surface area contributed by atoms with Gasteiger partial charge < -0.3 is 10.2 Å². The van der Waals surface area contributed by atoms with Crippen molar-refractivity contribution in [3.8, 4) is 11.5 Å². The number of benzene rings is 2. The van der Waals surface area contributed by atoms with Crippen LogP contribution in [0.2, 0.25) is 10.0 Å². The Bertz CT molecular complexity index is 780. The van der Waals surface area contributed by atoms with Crippen LogP contribution < -0.4 is 0 Å². The number of rotatable bonds is 2. The van der Waals surface area contributed by atoms with Crippen LogP contribution in [0.5, 0.6) is 11.5 Å². The van der Waals surface area contributed by atoms with Gasteiger partial charge in [-0.3, -0.25) is 4.90 Å². The first-order valence-electron chi connectivity index (χ1n) is 7.24. The van der Waals surface area contributed by atoms with Gasteiger partial charge in [-0.1, -0.05) is 35.3 Å². The average Bonchev–Trinajstić information content (AvgIpc) is 2.49. The van der Waals surface area contributed by atoms with E-state index in [4.69, 9.17) is 23.2 Å². The van der Waals surface area contributed by atoms with Gasteiger partial charge in [0.15, 0.2) is 11.5 Å². The first kappa shape index (κ1) is 16.2. The third-order valence-electron chi connectivity index (χ3n) is 4.13. The first-order valence-corrected chi connectivity index (χ1v) is 7.99. The van der Waals surface area contributed by atoms with Crippen molar-refractivity contribution in [2.45, 2.75) is 12.5 Å². The molecule has 1 unspecified atom stereocenters. The Morgan fingerprint density at radius 1 is 1.04 bits per heavy atom. The van der Waals surface area contributed by atoms with Crippen molar-refractivity contribution >= 4 is 28.8 Å². The summed E-state index contributed by atoms with van der Waals surface area (Å²) in [6, 6.07) is 8.79. The van der Waals surface area contributed by atoms with Crippen molar-refractivity contribution in [1.82, 2.24) is 4.90 Å². The molecule has 5 heteroatoms. The second kappa shape index (κ2) is 6.08. The van der Waals surface area contributed by atoms with Crippen LogP contribution in [0.1, 0.15) is 22.7 Å². The molecular weight excluding hydrogens is 333 g/mol. The van der Waals surface area contributed by atoms with Gasteiger partial charge in [0.1, 0.15) is 0 Å². The van der Waals surface area contributed by atoms with Crippen molar-refractivity contribution in [2.75, 3.05) is 14.1 Å². The van der Waals surface area contributed by atoms with Gasteiger partial charge in [0.2, 0.25) is 0 Å². The van der Waals surface area contributed by atoms with E-state index in [-0.39, 0.29) is 17.5 Å². The Labute approximate surface area is 145 Å². The molecule has 1 aliphatic rings. The number of phenolic OH excluding ortho intramolecular Hbond substituents is 2. The van der Waals surface area contributed by atoms with Gasteiger partial charge in [0.05, 0.1) is 6.04 Å². The van der Waals surface area contributed by atoms with Crippen LogP contribution in [0.3, 0.4) is 0 Å². The highest BCUT2D eigenvalue weighted by Crippen LogP contribution is 2.43. The first-order chi connectivity index (χ1) is 10.9. The van der Waals surface area contributed by atoms with E-state index in [1.807, 2.05) is 32.3 Å². The molecule has 0 bridgehead atoms. The van der Waals surface area contributed by atoms with Gasteiger partial charge in [-0.2, -0.15) is 0 Å². The van der Waals surface area contributed by atoms with Crippen LogP contribution in [0, 0.1) is 0 Å². The van der Waals surface area contributed by atoms with Gasteiger partial charge in [-0.05, 0) is 55.1 Å². The highest BCUT2D eigenvalue weighted by Gasteiger charge is 2.26. The minimum atomic E-state index is -0.105. The van der Waals surface area contributed by atoms with E-state index in [2.05, 4.69) is 11.0 Å². The van der Waals surface area contributed by atoms with E-state index in [9.17, 15) is 10.2 Å². The van der Waals surface area contributed by atoms with E-state index in [0.717, 1.165) is 22.3 Å². The fourth-order valence-corrected chi connectivity index (χ4v) is 3.52. The predicted molar refractivity (Wildman–Crippen MR) is 94.3 cm³/mol. The number of hydrogen-bond acceptors (Lipinski definition) is 3. The molecular formula is C18H17Cl2NO2. The molecule has 0 saturated carbocycles. The zero-order valence-electron chi connectivity index (χ0n) is 12.8. The van der Waals surface area contributed by atoms with Gasteiger partial charge in [0, 0.05) is 22.0 Å². The fourth-order valence-electron chi connectivity index (χ4n) is 3.00. The molecule has 0 fully saturated rings. The molecule has 23 heavy (non-hydrogen) atoms. The van der Waals surface area contributed by atoms with E-state index in [0.29, 0.717) is 16.5 Å². The number of halogens is 2. The average molecular weight is 350 g/mol. The molecule has 0 radical (unpaired) electrons. The zero-order chi connectivity index (χ0) is 16.7. The molecule has 0 amide bonds. The number of allylic oxidation sites excluding steroid dienone is 1. The van der Waals surface area contributed by atoms with Crippen LogP contribution in [0.4, 0.5) is 0 Å². The molecule has 3 nitrogen and oxygen atoms in total. The third-order valence-corrected chi connectivity index (χ3v) is 4.57. The standard InChI is InChI=1S/C18H17Cl2NO2/c1-21(2)16-8-11(10-5-12(19)9-13(20)6-10)7-15-14(16)3-4-17(22)18(15)23/h3-6,8-9,16,22-23H,7H2,1-2H3. The molecule has 0 spiro atoms. The lowest BCUT2D eigenvalue weighted by Crippen LogP contribution is -2.22. The monoisotopic (exact) mass is 349 g/mol. The molecule has 1 atom stereocenters. The molecule has 120 valence electrons. The largest absolute Gasteiger partial charge is 0.504 e. The Morgan fingerprint density at radius 2 is 1.70 bits per heavy atom. The Morgan fingerprint density at radius 3 is 2.30 bits per heavy atom. The molecule has 1 aliphatic carbocycles. The number of nitrogens with zero attached hydrogens (tertiary/aromatic N) is 1. The molecule has 0 aromatic heterocycles. The minimum Gasteiger partial charge on any atom is -0.504 e. The quantitative estimate of drug-likeness (QED) is 0.775. The molecule has 2 aromatic rings. The van der Waals surface area contributed by atoms with Crippen molar-refractivity contribution in [2.24, 2.45) is 0 Å². The number of fused-ring (bicyclic) bond motifs is 1. The maximum Gasteiger partial charge on any atom is 0.161 e. The van der Waals surface area contributed by atoms with E-state index >= 15 is 0 Å². The summed E-state index contributed by atoms with van der Waals surface area (Å²) in [5.41, 5.74) is 3.66. The Kier molecular flexibility index (Phi) is 4.28. The highest BCUT2D eigenvalue weighted by molar-refractivity contribution is 6.34. The van der Waals surface area contributed by atoms with E-state index in [1.165, 1.54) is 6.07 Å². The number of likely N-dealkylation sites (N-methyl/N-ethyl adjacent to an activating group) is 1. The lowest BCUT2D eigenvalue weighted by Gasteiger charge is -2.30. The Hall–Kier alpha value is -1.68. The zero-order valence-corrected chi connectivity index (χ0v) is 14.4. The summed E-state index contributed by atoms with van der Waals surface area (Å²) >= 11 is 12.2. The van der Waals surface area contributed by atoms with Crippen molar-refractivity contribution in [1.29, 1.82) is 0 Å². The van der Waals surface area contributed by atoms with E-state index < -0.39 is 0 Å². The molecule has 2 aromatic carbocycles. The molecule has 0 aliphatic heterocycles. The van der Waals surface area contributed by atoms with Crippen molar-refractivity contribution in [3.05, 3.63) is 63.1 Å². The SMILES string of the molecule is CN(C)C1C=C(c2cc(Cl)cc(Cl)c2)Cc2c1ccc(O)c2O. The summed E-state index contributed by atoms with van der Waals surface area (Å²) in [5, 5.41) is 21.2. The van der Waals surface area contributed by atoms with Crippen LogP contribution in [0.25, 0.3) is 5.57 Å². The highest BCUT2D eigenvalue weighted by atomic mass is 35.5. The summed E-state index contributed by atoms with van der Waals surface area (Å²) in [7, 11) is 3.95. The van der Waals surface area contributed by atoms with Crippen LogP contribution >= 0.6 is 23.2 Å². The lowest BCUT2D eigenvalue weighted by atomic mass is 9.84. The predicted octanol–water partition coefficient (Wildman–Crippen LogP) is 4.65. The third kappa shape index (κ3) is 3.05. The Balaban J connectivity index is 2.15. The summed E-state index contributed by atoms with van der Waals surface area (Å²) in [4.78, 5) is 2.06. The van der Waals surface area contributed by atoms with Gasteiger partial charge in [-0.25, -0.2) is 0 Å². The summed E-state index contributed by atoms with van der Waals surface area (Å²) < 4.78 is 0. The topological polar surface area (TPSA) is 43.7 Å².